The molecule has 1 atom stereocenters. The molecule has 0 bridgehead atoms. The van der Waals surface area contributed by atoms with Gasteiger partial charge in [-0.05, 0) is 45.6 Å². The minimum Gasteiger partial charge on any atom is -0.491 e. The second kappa shape index (κ2) is 5.87. The Morgan fingerprint density at radius 1 is 1.06 bits per heavy atom. The van der Waals surface area contributed by atoms with Gasteiger partial charge in [0.05, 0.1) is 6.10 Å². The van der Waals surface area contributed by atoms with Gasteiger partial charge in [-0.3, -0.25) is 4.90 Å². The van der Waals surface area contributed by atoms with Crippen LogP contribution in [0.4, 0.5) is 0 Å². The Hall–Kier alpha value is -1.06. The fourth-order valence-corrected chi connectivity index (χ4v) is 1.63. The van der Waals surface area contributed by atoms with Gasteiger partial charge >= 0.3 is 0 Å². The highest BCUT2D eigenvalue weighted by Gasteiger charge is 2.12. The highest BCUT2D eigenvalue weighted by atomic mass is 16.5. The van der Waals surface area contributed by atoms with Crippen molar-refractivity contribution in [1.29, 1.82) is 0 Å². The van der Waals surface area contributed by atoms with Crippen LogP contribution in [-0.4, -0.2) is 32.2 Å². The topological polar surface area (TPSA) is 21.7 Å². The number of nitrogens with zero attached hydrogens (tertiary/aromatic N) is 1. The molecule has 0 heterocycles. The summed E-state index contributed by atoms with van der Waals surface area (Å²) in [6.45, 7) is 4.04. The van der Waals surface area contributed by atoms with Crippen LogP contribution in [0.25, 0.3) is 0 Å². The number of hydrogen-bond acceptors (Lipinski definition) is 3. The Kier molecular flexibility index (Phi) is 4.77. The van der Waals surface area contributed by atoms with E-state index >= 15 is 0 Å². The standard InChI is InChI=1S/C13H21NO2/c1-10(2)16-12-8-6-11(7-9-12)13(15-5)14(3)4/h6-10,13H,1-5H3. The molecule has 3 nitrogen and oxygen atoms in total. The summed E-state index contributed by atoms with van der Waals surface area (Å²) in [6, 6.07) is 8.02. The van der Waals surface area contributed by atoms with Gasteiger partial charge in [0.1, 0.15) is 12.0 Å². The summed E-state index contributed by atoms with van der Waals surface area (Å²) in [5.41, 5.74) is 1.13. The average Bonchev–Trinajstić information content (AvgIpc) is 2.20. The van der Waals surface area contributed by atoms with Crippen molar-refractivity contribution in [3.05, 3.63) is 29.8 Å². The zero-order chi connectivity index (χ0) is 12.1. The van der Waals surface area contributed by atoms with Gasteiger partial charge in [-0.1, -0.05) is 12.1 Å². The number of rotatable bonds is 5. The van der Waals surface area contributed by atoms with Gasteiger partial charge in [0.2, 0.25) is 0 Å². The molecule has 0 amide bonds. The molecule has 0 spiro atoms. The third kappa shape index (κ3) is 3.51. The van der Waals surface area contributed by atoms with E-state index in [1.807, 2.05) is 57.1 Å². The van der Waals surface area contributed by atoms with Crippen molar-refractivity contribution in [1.82, 2.24) is 4.90 Å². The van der Waals surface area contributed by atoms with Gasteiger partial charge < -0.3 is 9.47 Å². The second-order valence-electron chi connectivity index (χ2n) is 4.29. The fraction of sp³-hybridized carbons (Fsp3) is 0.538. The monoisotopic (exact) mass is 223 g/mol. The predicted molar refractivity (Wildman–Crippen MR) is 65.6 cm³/mol. The van der Waals surface area contributed by atoms with Crippen LogP contribution in [-0.2, 0) is 4.74 Å². The van der Waals surface area contributed by atoms with Crippen LogP contribution >= 0.6 is 0 Å². The second-order valence-corrected chi connectivity index (χ2v) is 4.29. The van der Waals surface area contributed by atoms with E-state index in [4.69, 9.17) is 9.47 Å². The van der Waals surface area contributed by atoms with E-state index in [-0.39, 0.29) is 12.3 Å². The van der Waals surface area contributed by atoms with Gasteiger partial charge in [-0.2, -0.15) is 0 Å². The van der Waals surface area contributed by atoms with Crippen LogP contribution in [0.3, 0.4) is 0 Å². The highest BCUT2D eigenvalue weighted by molar-refractivity contribution is 5.28. The van der Waals surface area contributed by atoms with Crippen LogP contribution in [0.2, 0.25) is 0 Å². The molecule has 0 fully saturated rings. The molecule has 0 aliphatic carbocycles. The van der Waals surface area contributed by atoms with Crippen molar-refractivity contribution in [2.45, 2.75) is 26.2 Å². The molecular weight excluding hydrogens is 202 g/mol. The molecule has 1 aromatic carbocycles. The van der Waals surface area contributed by atoms with E-state index in [0.29, 0.717) is 0 Å². The molecule has 0 aliphatic heterocycles. The minimum atomic E-state index is -0.00639. The minimum absolute atomic E-state index is 0.00639. The maximum atomic E-state index is 5.59. The van der Waals surface area contributed by atoms with Crippen LogP contribution < -0.4 is 4.74 Å². The van der Waals surface area contributed by atoms with Crippen molar-refractivity contribution in [2.24, 2.45) is 0 Å². The van der Waals surface area contributed by atoms with Crippen molar-refractivity contribution in [2.75, 3.05) is 21.2 Å². The molecule has 0 N–H and O–H groups in total. The Labute approximate surface area is 98.0 Å². The summed E-state index contributed by atoms with van der Waals surface area (Å²) < 4.78 is 11.0. The van der Waals surface area contributed by atoms with E-state index in [9.17, 15) is 0 Å². The molecule has 0 aliphatic rings. The molecule has 3 heteroatoms. The van der Waals surface area contributed by atoms with Gasteiger partial charge in [-0.15, -0.1) is 0 Å². The fourth-order valence-electron chi connectivity index (χ4n) is 1.63. The van der Waals surface area contributed by atoms with E-state index in [1.54, 1.807) is 7.11 Å². The lowest BCUT2D eigenvalue weighted by Crippen LogP contribution is -2.21. The van der Waals surface area contributed by atoms with Crippen LogP contribution in [0, 0.1) is 0 Å². The van der Waals surface area contributed by atoms with E-state index in [2.05, 4.69) is 0 Å². The van der Waals surface area contributed by atoms with E-state index in [0.717, 1.165) is 11.3 Å². The first-order chi connectivity index (χ1) is 7.54. The van der Waals surface area contributed by atoms with Crippen LogP contribution in [0.1, 0.15) is 25.6 Å². The molecule has 0 aromatic heterocycles. The van der Waals surface area contributed by atoms with Crippen molar-refractivity contribution in [3.63, 3.8) is 0 Å². The molecule has 1 aromatic rings. The molecule has 1 rings (SSSR count). The molecule has 0 saturated heterocycles. The smallest absolute Gasteiger partial charge is 0.135 e. The summed E-state index contributed by atoms with van der Waals surface area (Å²) in [4.78, 5) is 2.03. The zero-order valence-electron chi connectivity index (χ0n) is 10.7. The molecular formula is C13H21NO2. The Balaban J connectivity index is 2.77. The summed E-state index contributed by atoms with van der Waals surface area (Å²) in [5.74, 6) is 0.896. The summed E-state index contributed by atoms with van der Waals surface area (Å²) in [5, 5.41) is 0. The zero-order valence-corrected chi connectivity index (χ0v) is 10.7. The molecule has 16 heavy (non-hydrogen) atoms. The van der Waals surface area contributed by atoms with Crippen molar-refractivity contribution >= 4 is 0 Å². The lowest BCUT2D eigenvalue weighted by molar-refractivity contribution is -0.00544. The summed E-state index contributed by atoms with van der Waals surface area (Å²) in [7, 11) is 5.70. The molecule has 0 radical (unpaired) electrons. The van der Waals surface area contributed by atoms with Crippen LogP contribution in [0.5, 0.6) is 5.75 Å². The first-order valence-corrected chi connectivity index (χ1v) is 5.50. The Morgan fingerprint density at radius 3 is 2.00 bits per heavy atom. The van der Waals surface area contributed by atoms with Crippen molar-refractivity contribution < 1.29 is 9.47 Å². The van der Waals surface area contributed by atoms with Crippen LogP contribution in [0.15, 0.2) is 24.3 Å². The number of benzene rings is 1. The lowest BCUT2D eigenvalue weighted by atomic mass is 10.2. The van der Waals surface area contributed by atoms with E-state index in [1.165, 1.54) is 0 Å². The number of methoxy groups -OCH3 is 1. The van der Waals surface area contributed by atoms with Gasteiger partial charge in [0, 0.05) is 7.11 Å². The third-order valence-electron chi connectivity index (χ3n) is 2.23. The van der Waals surface area contributed by atoms with Gasteiger partial charge in [0.15, 0.2) is 0 Å². The SMILES string of the molecule is COC(c1ccc(OC(C)C)cc1)N(C)C. The Bertz CT molecular complexity index is 306. The van der Waals surface area contributed by atoms with Gasteiger partial charge in [0.25, 0.3) is 0 Å². The third-order valence-corrected chi connectivity index (χ3v) is 2.23. The molecule has 90 valence electrons. The largest absolute Gasteiger partial charge is 0.491 e. The quantitative estimate of drug-likeness (QED) is 0.716. The predicted octanol–water partition coefficient (Wildman–Crippen LogP) is 2.68. The first kappa shape index (κ1) is 13.0. The maximum Gasteiger partial charge on any atom is 0.135 e. The molecule has 0 saturated carbocycles. The normalized spacial score (nSPS) is 13.2. The highest BCUT2D eigenvalue weighted by Crippen LogP contribution is 2.22. The maximum absolute atomic E-state index is 5.59. The van der Waals surface area contributed by atoms with E-state index < -0.39 is 0 Å². The number of hydrogen-bond donors (Lipinski definition) is 0. The summed E-state index contributed by atoms with van der Waals surface area (Å²) >= 11 is 0. The average molecular weight is 223 g/mol. The summed E-state index contributed by atoms with van der Waals surface area (Å²) in [6.07, 6.45) is 0.200. The lowest BCUT2D eigenvalue weighted by Gasteiger charge is -2.23. The molecule has 1 unspecified atom stereocenters. The van der Waals surface area contributed by atoms with Crippen molar-refractivity contribution in [3.8, 4) is 5.75 Å². The Morgan fingerprint density at radius 2 is 1.62 bits per heavy atom. The van der Waals surface area contributed by atoms with Gasteiger partial charge in [-0.25, -0.2) is 0 Å². The first-order valence-electron chi connectivity index (χ1n) is 5.50. The number of ether oxygens (including phenoxy) is 2.